The van der Waals surface area contributed by atoms with Gasteiger partial charge in [0.25, 0.3) is 0 Å². The second kappa shape index (κ2) is 7.75. The van der Waals surface area contributed by atoms with Gasteiger partial charge in [-0.2, -0.15) is 0 Å². The average Bonchev–Trinajstić information content (AvgIpc) is 2.54. The van der Waals surface area contributed by atoms with Gasteiger partial charge in [-0.25, -0.2) is 9.20 Å². The van der Waals surface area contributed by atoms with Gasteiger partial charge in [0.05, 0.1) is 32.7 Å². The van der Waals surface area contributed by atoms with Gasteiger partial charge in [-0.15, -0.1) is 0 Å². The van der Waals surface area contributed by atoms with Crippen LogP contribution in [-0.2, 0) is 10.8 Å². The second-order valence-corrected chi connectivity index (χ2v) is 7.25. The van der Waals surface area contributed by atoms with Crippen molar-refractivity contribution in [2.75, 3.05) is 13.6 Å². The van der Waals surface area contributed by atoms with Crippen molar-refractivity contribution in [3.05, 3.63) is 52.5 Å². The minimum atomic E-state index is -1.30. The van der Waals surface area contributed by atoms with Crippen molar-refractivity contribution in [1.29, 1.82) is 0 Å². The minimum absolute atomic E-state index is 0.523. The van der Waals surface area contributed by atoms with Crippen molar-refractivity contribution in [2.45, 2.75) is 30.6 Å². The highest BCUT2D eigenvalue weighted by Crippen LogP contribution is 2.30. The Morgan fingerprint density at radius 2 is 1.87 bits per heavy atom. The Labute approximate surface area is 145 Å². The van der Waals surface area contributed by atoms with Crippen LogP contribution in [0, 0.1) is 13.8 Å². The molecule has 0 radical (unpaired) electrons. The van der Waals surface area contributed by atoms with Crippen LogP contribution >= 0.6 is 11.6 Å². The van der Waals surface area contributed by atoms with Gasteiger partial charge < -0.3 is 4.90 Å². The van der Waals surface area contributed by atoms with Gasteiger partial charge >= 0.3 is 0 Å². The number of rotatable bonds is 5. The van der Waals surface area contributed by atoms with Crippen LogP contribution in [-0.4, -0.2) is 29.0 Å². The number of nitrogens with zero attached hydrogens (tertiary/aromatic N) is 2. The van der Waals surface area contributed by atoms with Gasteiger partial charge in [-0.1, -0.05) is 23.7 Å². The third-order valence-corrected chi connectivity index (χ3v) is 5.66. The standard InChI is InChI=1S/C18H21ClN2OS/c1-5-21(4)12-20-16-10-14(3)18(11-13(16)2)23(22)17-9-7-6-8-15(17)19/h6-12H,5H2,1-4H3. The Morgan fingerprint density at radius 3 is 2.52 bits per heavy atom. The molecular formula is C18H21ClN2OS. The summed E-state index contributed by atoms with van der Waals surface area (Å²) in [6, 6.07) is 11.2. The fourth-order valence-electron chi connectivity index (χ4n) is 2.07. The molecule has 0 fully saturated rings. The molecule has 2 rings (SSSR count). The highest BCUT2D eigenvalue weighted by Gasteiger charge is 2.14. The van der Waals surface area contributed by atoms with Crippen molar-refractivity contribution in [3.63, 3.8) is 0 Å². The molecule has 3 nitrogen and oxygen atoms in total. The van der Waals surface area contributed by atoms with Crippen molar-refractivity contribution in [3.8, 4) is 0 Å². The predicted molar refractivity (Wildman–Crippen MR) is 98.5 cm³/mol. The molecule has 0 aliphatic carbocycles. The minimum Gasteiger partial charge on any atom is -0.366 e. The summed E-state index contributed by atoms with van der Waals surface area (Å²) in [6.45, 7) is 6.90. The van der Waals surface area contributed by atoms with Crippen LogP contribution < -0.4 is 0 Å². The quantitative estimate of drug-likeness (QED) is 0.577. The summed E-state index contributed by atoms with van der Waals surface area (Å²) < 4.78 is 12.8. The SMILES string of the molecule is CCN(C)C=Nc1cc(C)c(S(=O)c2ccccc2Cl)cc1C. The van der Waals surface area contributed by atoms with E-state index in [2.05, 4.69) is 11.9 Å². The molecule has 23 heavy (non-hydrogen) atoms. The maximum atomic E-state index is 12.8. The first-order valence-corrected chi connectivity index (χ1v) is 8.98. The zero-order valence-electron chi connectivity index (χ0n) is 13.8. The van der Waals surface area contributed by atoms with E-state index in [0.29, 0.717) is 9.92 Å². The highest BCUT2D eigenvalue weighted by atomic mass is 35.5. The lowest BCUT2D eigenvalue weighted by molar-refractivity contribution is 0.552. The maximum absolute atomic E-state index is 12.8. The number of hydrogen-bond donors (Lipinski definition) is 0. The van der Waals surface area contributed by atoms with E-state index in [1.807, 2.05) is 56.4 Å². The monoisotopic (exact) mass is 348 g/mol. The summed E-state index contributed by atoms with van der Waals surface area (Å²) in [5, 5.41) is 0.523. The van der Waals surface area contributed by atoms with E-state index in [1.165, 1.54) is 0 Å². The Balaban J connectivity index is 2.39. The molecule has 122 valence electrons. The molecule has 0 spiro atoms. The summed E-state index contributed by atoms with van der Waals surface area (Å²) in [7, 11) is 0.682. The Morgan fingerprint density at radius 1 is 1.17 bits per heavy atom. The average molecular weight is 349 g/mol. The van der Waals surface area contributed by atoms with E-state index in [4.69, 9.17) is 11.6 Å². The van der Waals surface area contributed by atoms with Gasteiger partial charge in [0.1, 0.15) is 0 Å². The number of hydrogen-bond acceptors (Lipinski definition) is 2. The fourth-order valence-corrected chi connectivity index (χ4v) is 3.73. The zero-order valence-corrected chi connectivity index (χ0v) is 15.4. The molecule has 0 saturated carbocycles. The predicted octanol–water partition coefficient (Wildman–Crippen LogP) is 4.74. The van der Waals surface area contributed by atoms with Crippen molar-refractivity contribution in [1.82, 2.24) is 4.90 Å². The third-order valence-electron chi connectivity index (χ3n) is 3.62. The normalized spacial score (nSPS) is 12.6. The molecule has 0 aromatic heterocycles. The molecule has 5 heteroatoms. The fraction of sp³-hybridized carbons (Fsp3) is 0.278. The third kappa shape index (κ3) is 4.21. The van der Waals surface area contributed by atoms with E-state index in [0.717, 1.165) is 28.3 Å². The topological polar surface area (TPSA) is 32.7 Å². The van der Waals surface area contributed by atoms with Gasteiger partial charge in [-0.3, -0.25) is 0 Å². The molecule has 1 unspecified atom stereocenters. The van der Waals surface area contributed by atoms with E-state index in [-0.39, 0.29) is 0 Å². The smallest absolute Gasteiger partial charge is 0.0909 e. The van der Waals surface area contributed by atoms with E-state index < -0.39 is 10.8 Å². The van der Waals surface area contributed by atoms with Crippen LogP contribution in [0.25, 0.3) is 0 Å². The molecule has 2 aromatic rings. The lowest BCUT2D eigenvalue weighted by atomic mass is 10.1. The van der Waals surface area contributed by atoms with Gasteiger partial charge in [0, 0.05) is 18.5 Å². The number of halogens is 1. The summed E-state index contributed by atoms with van der Waals surface area (Å²) >= 11 is 6.17. The molecule has 2 aromatic carbocycles. The molecule has 0 bridgehead atoms. The van der Waals surface area contributed by atoms with Crippen molar-refractivity contribution >= 4 is 34.4 Å². The summed E-state index contributed by atoms with van der Waals surface area (Å²) in [4.78, 5) is 7.92. The van der Waals surface area contributed by atoms with Crippen LogP contribution in [0.15, 0.2) is 51.2 Å². The zero-order chi connectivity index (χ0) is 17.0. The molecule has 1 atom stereocenters. The summed E-state index contributed by atoms with van der Waals surface area (Å²) in [5.74, 6) is 0. The van der Waals surface area contributed by atoms with Crippen LogP contribution in [0.1, 0.15) is 18.1 Å². The Kier molecular flexibility index (Phi) is 5.97. The Bertz CT molecular complexity index is 759. The summed E-state index contributed by atoms with van der Waals surface area (Å²) in [5.41, 5.74) is 2.83. The maximum Gasteiger partial charge on any atom is 0.0909 e. The van der Waals surface area contributed by atoms with Crippen LogP contribution in [0.4, 0.5) is 5.69 Å². The van der Waals surface area contributed by atoms with Gasteiger partial charge in [0.15, 0.2) is 0 Å². The first-order chi connectivity index (χ1) is 10.9. The van der Waals surface area contributed by atoms with Crippen LogP contribution in [0.2, 0.25) is 5.02 Å². The van der Waals surface area contributed by atoms with Gasteiger partial charge in [0.2, 0.25) is 0 Å². The molecule has 0 N–H and O–H groups in total. The largest absolute Gasteiger partial charge is 0.366 e. The van der Waals surface area contributed by atoms with Crippen molar-refractivity contribution in [2.24, 2.45) is 4.99 Å². The molecule has 0 aliphatic heterocycles. The number of aryl methyl sites for hydroxylation is 2. The lowest BCUT2D eigenvalue weighted by Crippen LogP contribution is -2.14. The second-order valence-electron chi connectivity index (χ2n) is 5.42. The molecule has 0 heterocycles. The van der Waals surface area contributed by atoms with E-state index in [9.17, 15) is 4.21 Å². The van der Waals surface area contributed by atoms with E-state index >= 15 is 0 Å². The molecule has 0 aliphatic rings. The molecule has 0 amide bonds. The number of aliphatic imine (C=N–C) groups is 1. The highest BCUT2D eigenvalue weighted by molar-refractivity contribution is 7.85. The van der Waals surface area contributed by atoms with Crippen LogP contribution in [0.3, 0.4) is 0 Å². The summed E-state index contributed by atoms with van der Waals surface area (Å²) in [6.07, 6.45) is 1.81. The first kappa shape index (κ1) is 17.7. The van der Waals surface area contributed by atoms with Gasteiger partial charge in [-0.05, 0) is 56.2 Å². The number of benzene rings is 2. The lowest BCUT2D eigenvalue weighted by Gasteiger charge is -2.12. The molecule has 0 saturated heterocycles. The first-order valence-electron chi connectivity index (χ1n) is 7.46. The Hall–Kier alpha value is -1.65. The van der Waals surface area contributed by atoms with Crippen molar-refractivity contribution < 1.29 is 4.21 Å². The van der Waals surface area contributed by atoms with E-state index in [1.54, 1.807) is 12.1 Å². The van der Waals surface area contributed by atoms with Crippen LogP contribution in [0.5, 0.6) is 0 Å². The molecular weight excluding hydrogens is 328 g/mol.